The predicted molar refractivity (Wildman–Crippen MR) is 116 cm³/mol. The van der Waals surface area contributed by atoms with Gasteiger partial charge in [0, 0.05) is 31.2 Å². The average molecular weight is 443 g/mol. The molecule has 1 aromatic carbocycles. The van der Waals surface area contributed by atoms with E-state index >= 15 is 4.39 Å². The zero-order valence-electron chi connectivity index (χ0n) is 17.0. The van der Waals surface area contributed by atoms with Gasteiger partial charge in [-0.3, -0.25) is 14.9 Å². The third kappa shape index (κ3) is 3.19. The lowest BCUT2D eigenvalue weighted by molar-refractivity contribution is -0.117. The summed E-state index contributed by atoms with van der Waals surface area (Å²) in [5, 5.41) is 10.4. The van der Waals surface area contributed by atoms with E-state index in [0.717, 1.165) is 5.39 Å². The number of amides is 1. The van der Waals surface area contributed by atoms with Crippen LogP contribution in [0.15, 0.2) is 29.7 Å². The van der Waals surface area contributed by atoms with Crippen molar-refractivity contribution in [2.75, 3.05) is 30.6 Å². The molecular formula is C20H19F2N7OS. The van der Waals surface area contributed by atoms with Crippen LogP contribution in [0.5, 0.6) is 0 Å². The van der Waals surface area contributed by atoms with Gasteiger partial charge in [-0.25, -0.2) is 13.8 Å². The number of fused-ring (bicyclic) bond motifs is 2. The van der Waals surface area contributed by atoms with Crippen LogP contribution in [0.2, 0.25) is 0 Å². The van der Waals surface area contributed by atoms with E-state index in [9.17, 15) is 9.18 Å². The molecule has 1 fully saturated rings. The van der Waals surface area contributed by atoms with E-state index in [1.165, 1.54) is 11.8 Å². The number of hydrogen-bond acceptors (Lipinski definition) is 6. The largest absolute Gasteiger partial charge is 0.374 e. The first-order valence-corrected chi connectivity index (χ1v) is 10.8. The summed E-state index contributed by atoms with van der Waals surface area (Å²) in [6.45, 7) is 0. The number of halogens is 2. The average Bonchev–Trinajstić information content (AvgIpc) is 3.11. The van der Waals surface area contributed by atoms with Crippen molar-refractivity contribution in [2.45, 2.75) is 17.5 Å². The van der Waals surface area contributed by atoms with Gasteiger partial charge in [-0.15, -0.1) is 11.8 Å². The van der Waals surface area contributed by atoms with E-state index in [-0.39, 0.29) is 18.1 Å². The number of alkyl halides is 1. The smallest absolute Gasteiger partial charge is 0.231 e. The zero-order valence-corrected chi connectivity index (χ0v) is 17.8. The van der Waals surface area contributed by atoms with Crippen LogP contribution in [0.4, 0.5) is 20.3 Å². The van der Waals surface area contributed by atoms with Gasteiger partial charge < -0.3 is 14.6 Å². The topological polar surface area (TPSA) is 91.2 Å². The number of nitrogens with one attached hydrogen (secondary N) is 2. The molecule has 3 heterocycles. The number of carbonyl (C=O) groups is 1. The van der Waals surface area contributed by atoms with Crippen molar-refractivity contribution in [1.29, 1.82) is 0 Å². The van der Waals surface area contributed by atoms with Gasteiger partial charge in [0.1, 0.15) is 6.17 Å². The molecule has 0 spiro atoms. The Labute approximate surface area is 180 Å². The van der Waals surface area contributed by atoms with Crippen molar-refractivity contribution in [3.8, 4) is 11.3 Å². The molecule has 2 N–H and O–H groups in total. The molecule has 1 aliphatic rings. The van der Waals surface area contributed by atoms with E-state index < -0.39 is 12.1 Å². The van der Waals surface area contributed by atoms with Gasteiger partial charge in [0.25, 0.3) is 0 Å². The van der Waals surface area contributed by atoms with Crippen LogP contribution in [0, 0.1) is 11.7 Å². The number of aromatic amines is 1. The van der Waals surface area contributed by atoms with E-state index in [1.54, 1.807) is 48.2 Å². The number of anilines is 2. The molecule has 4 aromatic rings. The summed E-state index contributed by atoms with van der Waals surface area (Å²) in [4.78, 5) is 23.0. The standard InChI is InChI=1S/C20H19F2N7OS/c1-28(2)18-16(22)19(31-3)15(10-5-24-27-17(10)18)12-7-29-8-13(25-14(29)6-23-12)26-20(30)9-4-11(9)21/h5-9,11H,4H2,1-3H3,(H,24,27)(H,26,30). The minimum atomic E-state index is -1.08. The summed E-state index contributed by atoms with van der Waals surface area (Å²) >= 11 is 1.30. The molecule has 0 saturated heterocycles. The van der Waals surface area contributed by atoms with Gasteiger partial charge in [-0.2, -0.15) is 5.10 Å². The summed E-state index contributed by atoms with van der Waals surface area (Å²) in [5.41, 5.74) is 2.68. The Hall–Kier alpha value is -3.21. The molecule has 2 atom stereocenters. The Morgan fingerprint density at radius 3 is 2.81 bits per heavy atom. The number of aromatic nitrogens is 5. The van der Waals surface area contributed by atoms with Crippen LogP contribution in [0.25, 0.3) is 27.8 Å². The van der Waals surface area contributed by atoms with Crippen molar-refractivity contribution in [3.05, 3.63) is 30.6 Å². The Bertz CT molecular complexity index is 1330. The maximum absolute atomic E-state index is 15.4. The molecule has 0 aliphatic heterocycles. The number of H-pyrrole nitrogens is 1. The van der Waals surface area contributed by atoms with Gasteiger partial charge in [0.15, 0.2) is 17.3 Å². The fourth-order valence-corrected chi connectivity index (χ4v) is 4.41. The number of benzene rings is 1. The Kier molecular flexibility index (Phi) is 4.58. The highest BCUT2D eigenvalue weighted by molar-refractivity contribution is 7.98. The molecular weight excluding hydrogens is 424 g/mol. The first-order valence-electron chi connectivity index (χ1n) is 9.59. The second kappa shape index (κ2) is 7.19. The van der Waals surface area contributed by atoms with Crippen LogP contribution in [-0.4, -0.2) is 57.0 Å². The Balaban J connectivity index is 1.61. The predicted octanol–water partition coefficient (Wildman–Crippen LogP) is 3.50. The third-order valence-electron chi connectivity index (χ3n) is 5.33. The van der Waals surface area contributed by atoms with E-state index in [4.69, 9.17) is 0 Å². The van der Waals surface area contributed by atoms with Crippen LogP contribution in [0.1, 0.15) is 6.42 Å². The fourth-order valence-electron chi connectivity index (χ4n) is 3.71. The van der Waals surface area contributed by atoms with Crippen LogP contribution in [-0.2, 0) is 4.79 Å². The minimum Gasteiger partial charge on any atom is -0.374 e. The molecule has 5 rings (SSSR count). The molecule has 31 heavy (non-hydrogen) atoms. The second-order valence-corrected chi connectivity index (χ2v) is 8.45. The fraction of sp³-hybridized carbons (Fsp3) is 0.300. The number of rotatable bonds is 5. The lowest BCUT2D eigenvalue weighted by Crippen LogP contribution is -2.15. The lowest BCUT2D eigenvalue weighted by Gasteiger charge is -2.19. The minimum absolute atomic E-state index is 0.248. The quantitative estimate of drug-likeness (QED) is 0.459. The highest BCUT2D eigenvalue weighted by Gasteiger charge is 2.43. The van der Waals surface area contributed by atoms with E-state index in [2.05, 4.69) is 25.5 Å². The summed E-state index contributed by atoms with van der Waals surface area (Å²) < 4.78 is 30.2. The van der Waals surface area contributed by atoms with Crippen molar-refractivity contribution in [2.24, 2.45) is 5.92 Å². The van der Waals surface area contributed by atoms with Crippen molar-refractivity contribution in [3.63, 3.8) is 0 Å². The molecule has 1 amide bonds. The lowest BCUT2D eigenvalue weighted by atomic mass is 10.1. The molecule has 8 nitrogen and oxygen atoms in total. The summed E-state index contributed by atoms with van der Waals surface area (Å²) in [6, 6.07) is 0. The molecule has 160 valence electrons. The number of hydrogen-bond donors (Lipinski definition) is 2. The Morgan fingerprint density at radius 1 is 1.35 bits per heavy atom. The molecule has 0 bridgehead atoms. The molecule has 1 aliphatic carbocycles. The van der Waals surface area contributed by atoms with E-state index in [1.807, 2.05) is 6.26 Å². The summed E-state index contributed by atoms with van der Waals surface area (Å²) in [7, 11) is 3.56. The highest BCUT2D eigenvalue weighted by Crippen LogP contribution is 2.42. The number of carbonyl (C=O) groups excluding carboxylic acids is 1. The highest BCUT2D eigenvalue weighted by atomic mass is 32.2. The van der Waals surface area contributed by atoms with Gasteiger partial charge in [0.2, 0.25) is 5.91 Å². The molecule has 11 heteroatoms. The second-order valence-electron chi connectivity index (χ2n) is 7.64. The first kappa shape index (κ1) is 19.7. The number of nitrogens with zero attached hydrogens (tertiary/aromatic N) is 5. The molecule has 2 unspecified atom stereocenters. The van der Waals surface area contributed by atoms with Crippen molar-refractivity contribution < 1.29 is 13.6 Å². The van der Waals surface area contributed by atoms with E-state index in [0.29, 0.717) is 38.8 Å². The van der Waals surface area contributed by atoms with Gasteiger partial charge in [0.05, 0.1) is 46.3 Å². The van der Waals surface area contributed by atoms with Gasteiger partial charge in [-0.1, -0.05) is 0 Å². The van der Waals surface area contributed by atoms with Crippen LogP contribution >= 0.6 is 11.8 Å². The van der Waals surface area contributed by atoms with Gasteiger partial charge >= 0.3 is 0 Å². The summed E-state index contributed by atoms with van der Waals surface area (Å²) in [6.07, 6.45) is 7.55. The SMILES string of the molecule is CSc1c(F)c(N(C)C)c2[nH]ncc2c1-c1cn2cc(NC(=O)C3CC3F)nc2cn1. The number of thioether (sulfide) groups is 1. The summed E-state index contributed by atoms with van der Waals surface area (Å²) in [5.74, 6) is -1.02. The van der Waals surface area contributed by atoms with Crippen molar-refractivity contribution in [1.82, 2.24) is 24.6 Å². The molecule has 1 saturated carbocycles. The third-order valence-corrected chi connectivity index (χ3v) is 6.12. The first-order chi connectivity index (χ1) is 14.9. The van der Waals surface area contributed by atoms with Crippen LogP contribution < -0.4 is 10.2 Å². The molecule has 3 aromatic heterocycles. The van der Waals surface area contributed by atoms with Crippen LogP contribution in [0.3, 0.4) is 0 Å². The van der Waals surface area contributed by atoms with Gasteiger partial charge in [-0.05, 0) is 12.7 Å². The number of imidazole rings is 1. The normalized spacial score (nSPS) is 18.0. The monoisotopic (exact) mass is 443 g/mol. The molecule has 0 radical (unpaired) electrons. The maximum atomic E-state index is 15.4. The maximum Gasteiger partial charge on any atom is 0.231 e. The Morgan fingerprint density at radius 2 is 2.13 bits per heavy atom. The zero-order chi connectivity index (χ0) is 21.9. The van der Waals surface area contributed by atoms with Crippen molar-refractivity contribution >= 4 is 45.7 Å².